The third-order valence-electron chi connectivity index (χ3n) is 3.21. The van der Waals surface area contributed by atoms with Crippen LogP contribution in [0.5, 0.6) is 0 Å². The van der Waals surface area contributed by atoms with Crippen molar-refractivity contribution in [2.75, 3.05) is 18.6 Å². The number of carbonyl (C=O) groups is 1. The van der Waals surface area contributed by atoms with Gasteiger partial charge in [-0.3, -0.25) is 4.79 Å². The maximum absolute atomic E-state index is 11.6. The minimum Gasteiger partial charge on any atom is -0.356 e. The van der Waals surface area contributed by atoms with Gasteiger partial charge in [0.1, 0.15) is 0 Å². The van der Waals surface area contributed by atoms with Crippen LogP contribution in [-0.2, 0) is 4.79 Å². The van der Waals surface area contributed by atoms with E-state index in [1.807, 2.05) is 11.8 Å². The smallest absolute Gasteiger partial charge is 0.221 e. The zero-order valence-corrected chi connectivity index (χ0v) is 11.1. The maximum atomic E-state index is 11.6. The predicted octanol–water partition coefficient (Wildman–Crippen LogP) is 1.91. The molecular weight excluding hydrogens is 220 g/mol. The molecule has 0 atom stereocenters. The Morgan fingerprint density at radius 1 is 1.38 bits per heavy atom. The highest BCUT2D eigenvalue weighted by Crippen LogP contribution is 2.29. The summed E-state index contributed by atoms with van der Waals surface area (Å²) in [6.07, 6.45) is 9.24. The van der Waals surface area contributed by atoms with E-state index in [-0.39, 0.29) is 11.4 Å². The van der Waals surface area contributed by atoms with Gasteiger partial charge in [0.2, 0.25) is 5.91 Å². The number of hydrogen-bond donors (Lipinski definition) is 2. The van der Waals surface area contributed by atoms with Crippen molar-refractivity contribution < 1.29 is 4.79 Å². The van der Waals surface area contributed by atoms with E-state index < -0.39 is 0 Å². The summed E-state index contributed by atoms with van der Waals surface area (Å²) in [4.78, 5) is 11.6. The molecule has 3 N–H and O–H groups in total. The van der Waals surface area contributed by atoms with Crippen LogP contribution in [0.4, 0.5) is 0 Å². The minimum absolute atomic E-state index is 0.133. The number of rotatable bonds is 7. The lowest BCUT2D eigenvalue weighted by Crippen LogP contribution is -2.42. The van der Waals surface area contributed by atoms with Gasteiger partial charge >= 0.3 is 0 Å². The van der Waals surface area contributed by atoms with E-state index in [9.17, 15) is 4.79 Å². The fourth-order valence-corrected chi connectivity index (χ4v) is 2.73. The molecular formula is C12H24N2OS. The Kier molecular flexibility index (Phi) is 6.21. The first-order valence-corrected chi connectivity index (χ1v) is 7.60. The van der Waals surface area contributed by atoms with Crippen LogP contribution in [0.15, 0.2) is 0 Å². The van der Waals surface area contributed by atoms with Crippen molar-refractivity contribution in [2.24, 2.45) is 5.73 Å². The van der Waals surface area contributed by atoms with Crippen molar-refractivity contribution in [3.8, 4) is 0 Å². The molecule has 0 aromatic heterocycles. The number of nitrogens with two attached hydrogens (primary N) is 1. The molecule has 0 aliphatic heterocycles. The molecule has 0 heterocycles. The summed E-state index contributed by atoms with van der Waals surface area (Å²) in [7, 11) is 0. The van der Waals surface area contributed by atoms with Crippen LogP contribution in [0, 0.1) is 0 Å². The maximum Gasteiger partial charge on any atom is 0.221 e. The van der Waals surface area contributed by atoms with Crippen molar-refractivity contribution in [2.45, 2.75) is 50.5 Å². The van der Waals surface area contributed by atoms with Gasteiger partial charge in [0.15, 0.2) is 0 Å². The molecule has 0 aromatic rings. The predicted molar refractivity (Wildman–Crippen MR) is 70.6 cm³/mol. The van der Waals surface area contributed by atoms with Crippen molar-refractivity contribution in [1.82, 2.24) is 5.32 Å². The van der Waals surface area contributed by atoms with E-state index in [0.29, 0.717) is 6.42 Å². The summed E-state index contributed by atoms with van der Waals surface area (Å²) in [5.41, 5.74) is 5.94. The van der Waals surface area contributed by atoms with Crippen molar-refractivity contribution >= 4 is 17.7 Å². The lowest BCUT2D eigenvalue weighted by atomic mass is 9.94. The first-order valence-electron chi connectivity index (χ1n) is 6.21. The second-order valence-corrected chi connectivity index (χ2v) is 5.78. The molecule has 0 saturated heterocycles. The molecule has 16 heavy (non-hydrogen) atoms. The topological polar surface area (TPSA) is 55.1 Å². The summed E-state index contributed by atoms with van der Waals surface area (Å²) in [5.74, 6) is 1.31. The SMILES string of the molecule is CSCCCCNC(=O)CC1(N)CCCC1. The van der Waals surface area contributed by atoms with Crippen LogP contribution in [-0.4, -0.2) is 30.0 Å². The van der Waals surface area contributed by atoms with E-state index in [1.165, 1.54) is 25.0 Å². The molecule has 1 aliphatic rings. The first kappa shape index (κ1) is 13.8. The third kappa shape index (κ3) is 5.21. The molecule has 1 aliphatic carbocycles. The quantitative estimate of drug-likeness (QED) is 0.673. The molecule has 1 amide bonds. The monoisotopic (exact) mass is 244 g/mol. The summed E-state index contributed by atoms with van der Waals surface area (Å²) in [5, 5.41) is 2.97. The molecule has 0 bridgehead atoms. The average molecular weight is 244 g/mol. The van der Waals surface area contributed by atoms with Gasteiger partial charge < -0.3 is 11.1 Å². The molecule has 0 aromatic carbocycles. The molecule has 4 heteroatoms. The van der Waals surface area contributed by atoms with Gasteiger partial charge in [0, 0.05) is 18.5 Å². The van der Waals surface area contributed by atoms with Crippen molar-refractivity contribution in [1.29, 1.82) is 0 Å². The minimum atomic E-state index is -0.205. The standard InChI is InChI=1S/C12H24N2OS/c1-16-9-5-4-8-14-11(15)10-12(13)6-2-3-7-12/h2-10,13H2,1H3,(H,14,15). The fraction of sp³-hybridized carbons (Fsp3) is 0.917. The molecule has 1 fully saturated rings. The summed E-state index contributed by atoms with van der Waals surface area (Å²) < 4.78 is 0. The van der Waals surface area contributed by atoms with Gasteiger partial charge in [-0.2, -0.15) is 11.8 Å². The van der Waals surface area contributed by atoms with Gasteiger partial charge in [-0.15, -0.1) is 0 Å². The van der Waals surface area contributed by atoms with Crippen LogP contribution in [0.3, 0.4) is 0 Å². The number of unbranched alkanes of at least 4 members (excludes halogenated alkanes) is 1. The molecule has 0 radical (unpaired) electrons. The van der Waals surface area contributed by atoms with Gasteiger partial charge in [0.25, 0.3) is 0 Å². The summed E-state index contributed by atoms with van der Waals surface area (Å²) >= 11 is 1.85. The number of hydrogen-bond acceptors (Lipinski definition) is 3. The van der Waals surface area contributed by atoms with Gasteiger partial charge in [0.05, 0.1) is 0 Å². The zero-order chi connectivity index (χ0) is 11.9. The largest absolute Gasteiger partial charge is 0.356 e. The van der Waals surface area contributed by atoms with Crippen LogP contribution >= 0.6 is 11.8 Å². The Hall–Kier alpha value is -0.220. The van der Waals surface area contributed by atoms with E-state index in [1.54, 1.807) is 0 Å². The highest BCUT2D eigenvalue weighted by atomic mass is 32.2. The second-order valence-electron chi connectivity index (χ2n) is 4.80. The third-order valence-corrected chi connectivity index (χ3v) is 3.91. The molecule has 0 unspecified atom stereocenters. The Labute approximate surface area is 103 Å². The van der Waals surface area contributed by atoms with E-state index in [4.69, 9.17) is 5.73 Å². The Morgan fingerprint density at radius 3 is 2.69 bits per heavy atom. The fourth-order valence-electron chi connectivity index (χ4n) is 2.24. The van der Waals surface area contributed by atoms with Gasteiger partial charge in [-0.25, -0.2) is 0 Å². The Balaban J connectivity index is 2.06. The molecule has 3 nitrogen and oxygen atoms in total. The Bertz CT molecular complexity index is 215. The molecule has 94 valence electrons. The lowest BCUT2D eigenvalue weighted by Gasteiger charge is -2.22. The second kappa shape index (κ2) is 7.17. The van der Waals surface area contributed by atoms with Crippen LogP contribution in [0.25, 0.3) is 0 Å². The van der Waals surface area contributed by atoms with Crippen molar-refractivity contribution in [3.05, 3.63) is 0 Å². The highest BCUT2D eigenvalue weighted by Gasteiger charge is 2.31. The average Bonchev–Trinajstić information content (AvgIpc) is 2.64. The van der Waals surface area contributed by atoms with E-state index >= 15 is 0 Å². The Morgan fingerprint density at radius 2 is 2.06 bits per heavy atom. The number of nitrogens with one attached hydrogen (secondary N) is 1. The number of thioether (sulfide) groups is 1. The first-order chi connectivity index (χ1) is 7.66. The number of carbonyl (C=O) groups excluding carboxylic acids is 1. The highest BCUT2D eigenvalue weighted by molar-refractivity contribution is 7.98. The van der Waals surface area contributed by atoms with E-state index in [0.717, 1.165) is 25.8 Å². The summed E-state index contributed by atoms with van der Waals surface area (Å²) in [6, 6.07) is 0. The molecule has 0 spiro atoms. The van der Waals surface area contributed by atoms with Gasteiger partial charge in [-0.05, 0) is 37.7 Å². The number of amides is 1. The van der Waals surface area contributed by atoms with Crippen LogP contribution in [0.2, 0.25) is 0 Å². The van der Waals surface area contributed by atoms with Gasteiger partial charge in [-0.1, -0.05) is 12.8 Å². The van der Waals surface area contributed by atoms with Crippen LogP contribution < -0.4 is 11.1 Å². The zero-order valence-electron chi connectivity index (χ0n) is 10.3. The molecule has 1 rings (SSSR count). The normalized spacial score (nSPS) is 18.6. The summed E-state index contributed by atoms with van der Waals surface area (Å²) in [6.45, 7) is 0.801. The molecule has 1 saturated carbocycles. The van der Waals surface area contributed by atoms with Crippen molar-refractivity contribution in [3.63, 3.8) is 0 Å². The van der Waals surface area contributed by atoms with E-state index in [2.05, 4.69) is 11.6 Å². The lowest BCUT2D eigenvalue weighted by molar-refractivity contribution is -0.122. The van der Waals surface area contributed by atoms with Crippen LogP contribution in [0.1, 0.15) is 44.9 Å².